The fourth-order valence-corrected chi connectivity index (χ4v) is 4.64. The zero-order valence-corrected chi connectivity index (χ0v) is 23.2. The molecule has 1 aromatic heterocycles. The number of carbonyl (C=O) groups is 2. The van der Waals surface area contributed by atoms with E-state index in [0.29, 0.717) is 40.6 Å². The number of esters is 1. The van der Waals surface area contributed by atoms with Crippen LogP contribution < -0.4 is 9.47 Å². The van der Waals surface area contributed by atoms with Gasteiger partial charge in [0, 0.05) is 24.5 Å². The number of nitrogens with zero attached hydrogens (tertiary/aromatic N) is 4. The Balaban J connectivity index is 1.89. The Morgan fingerprint density at radius 1 is 0.846 bits per heavy atom. The van der Waals surface area contributed by atoms with Gasteiger partial charge in [-0.15, -0.1) is 0 Å². The van der Waals surface area contributed by atoms with Crippen molar-refractivity contribution in [3.05, 3.63) is 71.9 Å². The van der Waals surface area contributed by atoms with E-state index in [2.05, 4.69) is 10.00 Å². The zero-order chi connectivity index (χ0) is 28.1. The van der Waals surface area contributed by atoms with E-state index in [0.717, 1.165) is 23.7 Å². The van der Waals surface area contributed by atoms with Crippen LogP contribution in [0.3, 0.4) is 0 Å². The molecule has 1 heterocycles. The van der Waals surface area contributed by atoms with Crippen LogP contribution in [0.1, 0.15) is 27.3 Å². The SMILES string of the molecule is COC(=O)c1cc(-c2c(OC)cccc2OC)n(-c2ccc(C(=O)N(C)CCCN(C)C)c3ccccc23)n1. The lowest BCUT2D eigenvalue weighted by Crippen LogP contribution is -2.30. The van der Waals surface area contributed by atoms with Gasteiger partial charge in [0.15, 0.2) is 5.69 Å². The topological polar surface area (TPSA) is 86.1 Å². The van der Waals surface area contributed by atoms with Crippen molar-refractivity contribution in [2.24, 2.45) is 0 Å². The molecule has 4 rings (SSSR count). The molecule has 204 valence electrons. The first-order chi connectivity index (χ1) is 18.8. The normalized spacial score (nSPS) is 11.1. The summed E-state index contributed by atoms with van der Waals surface area (Å²) < 4.78 is 17.9. The molecule has 4 aromatic rings. The number of hydrogen-bond donors (Lipinski definition) is 0. The first kappa shape index (κ1) is 27.7. The van der Waals surface area contributed by atoms with Crippen LogP contribution in [0.25, 0.3) is 27.7 Å². The minimum Gasteiger partial charge on any atom is -0.496 e. The van der Waals surface area contributed by atoms with Crippen molar-refractivity contribution in [2.45, 2.75) is 6.42 Å². The van der Waals surface area contributed by atoms with E-state index in [-0.39, 0.29) is 11.6 Å². The van der Waals surface area contributed by atoms with E-state index in [1.165, 1.54) is 7.11 Å². The number of rotatable bonds is 10. The lowest BCUT2D eigenvalue weighted by atomic mass is 10.0. The Morgan fingerprint density at radius 3 is 2.13 bits per heavy atom. The molecule has 0 aliphatic rings. The van der Waals surface area contributed by atoms with Gasteiger partial charge in [-0.05, 0) is 62.8 Å². The Kier molecular flexibility index (Phi) is 8.51. The Morgan fingerprint density at radius 2 is 1.51 bits per heavy atom. The largest absolute Gasteiger partial charge is 0.496 e. The maximum Gasteiger partial charge on any atom is 0.358 e. The monoisotopic (exact) mass is 530 g/mol. The summed E-state index contributed by atoms with van der Waals surface area (Å²) in [5.74, 6) is 0.489. The van der Waals surface area contributed by atoms with Gasteiger partial charge in [-0.2, -0.15) is 5.10 Å². The number of hydrogen-bond acceptors (Lipinski definition) is 7. The van der Waals surface area contributed by atoms with Crippen molar-refractivity contribution in [1.29, 1.82) is 0 Å². The molecule has 0 atom stereocenters. The summed E-state index contributed by atoms with van der Waals surface area (Å²) in [6.07, 6.45) is 0.874. The van der Waals surface area contributed by atoms with Crippen molar-refractivity contribution in [1.82, 2.24) is 19.6 Å². The van der Waals surface area contributed by atoms with Gasteiger partial charge in [-0.3, -0.25) is 4.79 Å². The average molecular weight is 531 g/mol. The molecule has 3 aromatic carbocycles. The summed E-state index contributed by atoms with van der Waals surface area (Å²) in [6, 6.07) is 18.5. The van der Waals surface area contributed by atoms with E-state index >= 15 is 0 Å². The summed E-state index contributed by atoms with van der Waals surface area (Å²) >= 11 is 0. The molecule has 39 heavy (non-hydrogen) atoms. The number of aromatic nitrogens is 2. The number of ether oxygens (including phenoxy) is 3. The third-order valence-corrected chi connectivity index (χ3v) is 6.59. The maximum atomic E-state index is 13.5. The molecule has 0 bridgehead atoms. The highest BCUT2D eigenvalue weighted by atomic mass is 16.5. The molecule has 1 amide bonds. The summed E-state index contributed by atoms with van der Waals surface area (Å²) in [7, 11) is 10.3. The second-order valence-electron chi connectivity index (χ2n) is 9.42. The quantitative estimate of drug-likeness (QED) is 0.279. The van der Waals surface area contributed by atoms with Gasteiger partial charge in [0.05, 0.1) is 38.3 Å². The first-order valence-electron chi connectivity index (χ1n) is 12.6. The highest BCUT2D eigenvalue weighted by Gasteiger charge is 2.24. The predicted octanol–water partition coefficient (Wildman–Crippen LogP) is 4.52. The second-order valence-corrected chi connectivity index (χ2v) is 9.42. The summed E-state index contributed by atoms with van der Waals surface area (Å²) in [5.41, 5.74) is 2.63. The molecule has 0 aliphatic carbocycles. The van der Waals surface area contributed by atoms with Gasteiger partial charge >= 0.3 is 5.97 Å². The van der Waals surface area contributed by atoms with Gasteiger partial charge in [0.1, 0.15) is 11.5 Å². The van der Waals surface area contributed by atoms with Crippen molar-refractivity contribution >= 4 is 22.6 Å². The second kappa shape index (κ2) is 12.0. The zero-order valence-electron chi connectivity index (χ0n) is 23.2. The van der Waals surface area contributed by atoms with Crippen molar-refractivity contribution in [3.8, 4) is 28.4 Å². The molecule has 0 unspecified atom stereocenters. The lowest BCUT2D eigenvalue weighted by Gasteiger charge is -2.20. The van der Waals surface area contributed by atoms with Crippen LogP contribution in [0.2, 0.25) is 0 Å². The molecule has 0 saturated carbocycles. The predicted molar refractivity (Wildman–Crippen MR) is 151 cm³/mol. The average Bonchev–Trinajstić information content (AvgIpc) is 3.39. The Labute approximate surface area is 228 Å². The van der Waals surface area contributed by atoms with Crippen molar-refractivity contribution < 1.29 is 23.8 Å². The van der Waals surface area contributed by atoms with Gasteiger partial charge in [0.2, 0.25) is 0 Å². The summed E-state index contributed by atoms with van der Waals surface area (Å²) in [5, 5.41) is 6.22. The lowest BCUT2D eigenvalue weighted by molar-refractivity contribution is 0.0593. The minimum absolute atomic E-state index is 0.0566. The van der Waals surface area contributed by atoms with Gasteiger partial charge in [-0.25, -0.2) is 9.48 Å². The fourth-order valence-electron chi connectivity index (χ4n) is 4.64. The van der Waals surface area contributed by atoms with E-state index in [9.17, 15) is 9.59 Å². The molecule has 0 fully saturated rings. The smallest absolute Gasteiger partial charge is 0.358 e. The molecular formula is C30H34N4O5. The van der Waals surface area contributed by atoms with E-state index in [4.69, 9.17) is 14.2 Å². The number of methoxy groups -OCH3 is 3. The van der Waals surface area contributed by atoms with Crippen LogP contribution in [0.15, 0.2) is 60.7 Å². The molecule has 0 radical (unpaired) electrons. The van der Waals surface area contributed by atoms with E-state index in [1.807, 2.05) is 75.7 Å². The van der Waals surface area contributed by atoms with Crippen LogP contribution in [-0.2, 0) is 4.74 Å². The maximum absolute atomic E-state index is 13.5. The molecule has 9 heteroatoms. The Hall–Kier alpha value is -4.37. The highest BCUT2D eigenvalue weighted by molar-refractivity contribution is 6.09. The molecule has 9 nitrogen and oxygen atoms in total. The summed E-state index contributed by atoms with van der Waals surface area (Å²) in [4.78, 5) is 29.9. The molecular weight excluding hydrogens is 496 g/mol. The molecule has 0 N–H and O–H groups in total. The highest BCUT2D eigenvalue weighted by Crippen LogP contribution is 2.40. The molecule has 0 aliphatic heterocycles. The van der Waals surface area contributed by atoms with Crippen LogP contribution in [-0.4, -0.2) is 87.0 Å². The third-order valence-electron chi connectivity index (χ3n) is 6.59. The van der Waals surface area contributed by atoms with Crippen LogP contribution in [0, 0.1) is 0 Å². The molecule has 0 saturated heterocycles. The number of fused-ring (bicyclic) bond motifs is 1. The van der Waals surface area contributed by atoms with Crippen LogP contribution in [0.5, 0.6) is 11.5 Å². The van der Waals surface area contributed by atoms with Crippen LogP contribution in [0.4, 0.5) is 0 Å². The Bertz CT molecular complexity index is 1470. The summed E-state index contributed by atoms with van der Waals surface area (Å²) in [6.45, 7) is 1.54. The number of benzene rings is 3. The first-order valence-corrected chi connectivity index (χ1v) is 12.6. The minimum atomic E-state index is -0.570. The van der Waals surface area contributed by atoms with Gasteiger partial charge in [0.25, 0.3) is 5.91 Å². The van der Waals surface area contributed by atoms with Crippen molar-refractivity contribution in [3.63, 3.8) is 0 Å². The molecule has 0 spiro atoms. The van der Waals surface area contributed by atoms with Gasteiger partial charge < -0.3 is 24.0 Å². The van der Waals surface area contributed by atoms with Gasteiger partial charge in [-0.1, -0.05) is 30.3 Å². The standard InChI is InChI=1S/C30H34N4O5/c1-32(2)17-10-18-33(3)29(35)22-15-16-24(21-12-8-7-11-20(21)22)34-25(19-23(31-34)30(36)39-6)28-26(37-4)13-9-14-27(28)38-5/h7-9,11-16,19H,10,17-18H2,1-6H3. The fraction of sp³-hybridized carbons (Fsp3) is 0.300. The van der Waals surface area contributed by atoms with E-state index in [1.54, 1.807) is 29.9 Å². The number of carbonyl (C=O) groups excluding carboxylic acids is 2. The van der Waals surface area contributed by atoms with Crippen molar-refractivity contribution in [2.75, 3.05) is 55.6 Å². The number of amides is 1. The van der Waals surface area contributed by atoms with Crippen LogP contribution >= 0.6 is 0 Å². The third kappa shape index (κ3) is 5.58. The van der Waals surface area contributed by atoms with E-state index < -0.39 is 5.97 Å².